The largest absolute Gasteiger partial charge is 0.489 e. The van der Waals surface area contributed by atoms with Crippen molar-refractivity contribution in [3.63, 3.8) is 0 Å². The summed E-state index contributed by atoms with van der Waals surface area (Å²) < 4.78 is 6.57. The average Bonchev–Trinajstić information content (AvgIpc) is 2.46. The molecule has 5 heteroatoms. The molecule has 0 unspecified atom stereocenters. The van der Waals surface area contributed by atoms with Gasteiger partial charge < -0.3 is 10.5 Å². The first kappa shape index (κ1) is 15.1. The van der Waals surface area contributed by atoms with E-state index in [9.17, 15) is 4.79 Å². The number of primary amides is 1. The van der Waals surface area contributed by atoms with Crippen LogP contribution in [-0.2, 0) is 17.8 Å². The molecule has 2 N–H and O–H groups in total. The van der Waals surface area contributed by atoms with Crippen molar-refractivity contribution >= 4 is 21.8 Å². The maximum Gasteiger partial charge on any atom is 0.221 e. The molecular weight excluding hydrogens is 332 g/mol. The fourth-order valence-corrected chi connectivity index (χ4v) is 2.36. The zero-order valence-electron chi connectivity index (χ0n) is 11.2. The number of rotatable bonds is 5. The van der Waals surface area contributed by atoms with Crippen LogP contribution in [0.1, 0.15) is 16.7 Å². The number of nitriles is 1. The van der Waals surface area contributed by atoms with Crippen molar-refractivity contribution in [2.24, 2.45) is 5.73 Å². The Kier molecular flexibility index (Phi) is 4.96. The number of halogens is 1. The van der Waals surface area contributed by atoms with Crippen molar-refractivity contribution in [1.29, 1.82) is 5.26 Å². The third kappa shape index (κ3) is 4.07. The summed E-state index contributed by atoms with van der Waals surface area (Å²) in [6, 6.07) is 14.7. The molecule has 0 bridgehead atoms. The predicted octanol–water partition coefficient (Wildman–Crippen LogP) is 2.93. The molecule has 0 aliphatic carbocycles. The lowest BCUT2D eigenvalue weighted by atomic mass is 10.1. The van der Waals surface area contributed by atoms with Crippen molar-refractivity contribution in [1.82, 2.24) is 0 Å². The van der Waals surface area contributed by atoms with Gasteiger partial charge in [-0.15, -0.1) is 0 Å². The number of nitrogens with two attached hydrogens (primary N) is 1. The number of ether oxygens (including phenoxy) is 1. The minimum atomic E-state index is -0.398. The summed E-state index contributed by atoms with van der Waals surface area (Å²) in [5, 5.41) is 8.84. The zero-order valence-corrected chi connectivity index (χ0v) is 12.8. The number of para-hydroxylation sites is 1. The van der Waals surface area contributed by atoms with E-state index in [0.717, 1.165) is 15.6 Å². The molecule has 2 rings (SSSR count). The molecule has 0 saturated carbocycles. The Labute approximate surface area is 131 Å². The van der Waals surface area contributed by atoms with Crippen LogP contribution in [0.2, 0.25) is 0 Å². The first-order chi connectivity index (χ1) is 10.1. The highest BCUT2D eigenvalue weighted by Gasteiger charge is 2.08. The third-order valence-electron chi connectivity index (χ3n) is 2.90. The van der Waals surface area contributed by atoms with Gasteiger partial charge in [0.15, 0.2) is 0 Å². The van der Waals surface area contributed by atoms with E-state index in [1.807, 2.05) is 24.3 Å². The van der Waals surface area contributed by atoms with Crippen molar-refractivity contribution in [2.45, 2.75) is 13.0 Å². The van der Waals surface area contributed by atoms with Gasteiger partial charge in [0.05, 0.1) is 18.1 Å². The Balaban J connectivity index is 2.13. The molecule has 0 heterocycles. The summed E-state index contributed by atoms with van der Waals surface area (Å²) in [6.07, 6.45) is 0.144. The molecule has 0 aliphatic rings. The highest BCUT2D eigenvalue weighted by atomic mass is 79.9. The quantitative estimate of drug-likeness (QED) is 0.905. The molecule has 2 aromatic rings. The van der Waals surface area contributed by atoms with Crippen LogP contribution >= 0.6 is 15.9 Å². The van der Waals surface area contributed by atoms with E-state index in [0.29, 0.717) is 17.9 Å². The molecule has 0 aliphatic heterocycles. The number of nitrogens with zero attached hydrogens (tertiary/aromatic N) is 1. The van der Waals surface area contributed by atoms with Crippen LogP contribution in [0.3, 0.4) is 0 Å². The van der Waals surface area contributed by atoms with Crippen molar-refractivity contribution in [2.75, 3.05) is 0 Å². The lowest BCUT2D eigenvalue weighted by Gasteiger charge is -2.11. The first-order valence-corrected chi connectivity index (χ1v) is 7.07. The van der Waals surface area contributed by atoms with Crippen molar-refractivity contribution < 1.29 is 9.53 Å². The van der Waals surface area contributed by atoms with Gasteiger partial charge in [0.1, 0.15) is 12.4 Å². The molecule has 2 aromatic carbocycles. The second-order valence-corrected chi connectivity index (χ2v) is 5.31. The Morgan fingerprint density at radius 3 is 2.67 bits per heavy atom. The molecule has 4 nitrogen and oxygen atoms in total. The highest BCUT2D eigenvalue weighted by Crippen LogP contribution is 2.23. The molecular formula is C16H13BrN2O2. The van der Waals surface area contributed by atoms with E-state index in [1.165, 1.54) is 0 Å². The molecule has 1 amide bonds. The lowest BCUT2D eigenvalue weighted by molar-refractivity contribution is -0.117. The van der Waals surface area contributed by atoms with Crippen LogP contribution in [0.25, 0.3) is 0 Å². The lowest BCUT2D eigenvalue weighted by Crippen LogP contribution is -2.14. The Morgan fingerprint density at radius 2 is 2.00 bits per heavy atom. The number of benzene rings is 2. The van der Waals surface area contributed by atoms with Gasteiger partial charge >= 0.3 is 0 Å². The van der Waals surface area contributed by atoms with Gasteiger partial charge in [-0.1, -0.05) is 40.2 Å². The summed E-state index contributed by atoms with van der Waals surface area (Å²) >= 11 is 3.42. The van der Waals surface area contributed by atoms with Gasteiger partial charge in [0.2, 0.25) is 5.91 Å². The van der Waals surface area contributed by atoms with Gasteiger partial charge in [-0.05, 0) is 18.2 Å². The van der Waals surface area contributed by atoms with Crippen LogP contribution in [0, 0.1) is 11.3 Å². The molecule has 0 saturated heterocycles. The van der Waals surface area contributed by atoms with E-state index in [-0.39, 0.29) is 6.42 Å². The van der Waals surface area contributed by atoms with Crippen LogP contribution in [-0.4, -0.2) is 5.91 Å². The molecule has 21 heavy (non-hydrogen) atoms. The van der Waals surface area contributed by atoms with Gasteiger partial charge in [-0.2, -0.15) is 5.26 Å². The smallest absolute Gasteiger partial charge is 0.221 e. The summed E-state index contributed by atoms with van der Waals surface area (Å²) in [5.74, 6) is 0.234. The summed E-state index contributed by atoms with van der Waals surface area (Å²) in [6.45, 7) is 0.335. The molecule has 0 spiro atoms. The minimum absolute atomic E-state index is 0.144. The van der Waals surface area contributed by atoms with E-state index in [1.54, 1.807) is 18.2 Å². The van der Waals surface area contributed by atoms with Crippen LogP contribution in [0.5, 0.6) is 5.75 Å². The third-order valence-corrected chi connectivity index (χ3v) is 3.64. The zero-order chi connectivity index (χ0) is 15.2. The van der Waals surface area contributed by atoms with Crippen LogP contribution < -0.4 is 10.5 Å². The number of hydrogen-bond acceptors (Lipinski definition) is 3. The molecule has 0 aromatic heterocycles. The predicted molar refractivity (Wildman–Crippen MR) is 82.5 cm³/mol. The van der Waals surface area contributed by atoms with Crippen LogP contribution in [0.4, 0.5) is 0 Å². The maximum atomic E-state index is 11.0. The topological polar surface area (TPSA) is 76.1 Å². The highest BCUT2D eigenvalue weighted by molar-refractivity contribution is 9.10. The Morgan fingerprint density at radius 1 is 1.24 bits per heavy atom. The minimum Gasteiger partial charge on any atom is -0.489 e. The molecule has 106 valence electrons. The Hall–Kier alpha value is -2.32. The normalized spacial score (nSPS) is 9.90. The number of amides is 1. The van der Waals surface area contributed by atoms with E-state index in [4.69, 9.17) is 15.7 Å². The van der Waals surface area contributed by atoms with Gasteiger partial charge in [-0.25, -0.2) is 0 Å². The van der Waals surface area contributed by atoms with E-state index < -0.39 is 5.91 Å². The monoisotopic (exact) mass is 344 g/mol. The summed E-state index contributed by atoms with van der Waals surface area (Å²) in [4.78, 5) is 11.0. The standard InChI is InChI=1S/C16H13BrN2O2/c17-14-7-11(9-18)5-6-13(14)10-21-15-4-2-1-3-12(15)8-16(19)20/h1-7H,8,10H2,(H2,19,20). The van der Waals surface area contributed by atoms with E-state index >= 15 is 0 Å². The molecule has 0 atom stereocenters. The first-order valence-electron chi connectivity index (χ1n) is 6.27. The second-order valence-electron chi connectivity index (χ2n) is 4.46. The Bertz CT molecular complexity index is 708. The van der Waals surface area contributed by atoms with Crippen molar-refractivity contribution in [3.8, 4) is 11.8 Å². The molecule has 0 radical (unpaired) electrons. The van der Waals surface area contributed by atoms with Crippen molar-refractivity contribution in [3.05, 3.63) is 63.6 Å². The fourth-order valence-electron chi connectivity index (χ4n) is 1.87. The summed E-state index contributed by atoms with van der Waals surface area (Å²) in [5.41, 5.74) is 7.49. The average molecular weight is 345 g/mol. The SMILES string of the molecule is N#Cc1ccc(COc2ccccc2CC(N)=O)c(Br)c1. The maximum absolute atomic E-state index is 11.0. The van der Waals surface area contributed by atoms with Gasteiger partial charge in [-0.3, -0.25) is 4.79 Å². The van der Waals surface area contributed by atoms with E-state index in [2.05, 4.69) is 22.0 Å². The molecule has 0 fully saturated rings. The summed E-state index contributed by atoms with van der Waals surface area (Å²) in [7, 11) is 0. The van der Waals surface area contributed by atoms with Crippen LogP contribution in [0.15, 0.2) is 46.9 Å². The number of carbonyl (C=O) groups is 1. The number of carbonyl (C=O) groups excluding carboxylic acids is 1. The fraction of sp³-hybridized carbons (Fsp3) is 0.125. The van der Waals surface area contributed by atoms with Gasteiger partial charge in [0, 0.05) is 15.6 Å². The second kappa shape index (κ2) is 6.91. The van der Waals surface area contributed by atoms with Gasteiger partial charge in [0.25, 0.3) is 0 Å². The number of hydrogen-bond donors (Lipinski definition) is 1.